The summed E-state index contributed by atoms with van der Waals surface area (Å²) in [5.41, 5.74) is 2.55. The fraction of sp³-hybridized carbons (Fsp3) is 0.250. The lowest BCUT2D eigenvalue weighted by Crippen LogP contribution is -2.33. The van der Waals surface area contributed by atoms with Crippen molar-refractivity contribution in [1.29, 1.82) is 0 Å². The summed E-state index contributed by atoms with van der Waals surface area (Å²) in [6.45, 7) is 4.18. The molecule has 2 aromatic carbocycles. The van der Waals surface area contributed by atoms with Crippen LogP contribution in [0.1, 0.15) is 64.0 Å². The molecule has 0 bridgehead atoms. The smallest absolute Gasteiger partial charge is 0.335 e. The number of piperidine rings is 1. The third-order valence-corrected chi connectivity index (χ3v) is 8.68. The van der Waals surface area contributed by atoms with E-state index < -0.39 is 18.0 Å². The lowest BCUT2D eigenvalue weighted by molar-refractivity contribution is 0.0696. The van der Waals surface area contributed by atoms with Crippen LogP contribution in [0, 0.1) is 5.92 Å². The van der Waals surface area contributed by atoms with Crippen molar-refractivity contribution >= 4 is 52.2 Å². The first-order valence-electron chi connectivity index (χ1n) is 14.0. The van der Waals surface area contributed by atoms with Crippen LogP contribution in [-0.2, 0) is 0 Å². The number of rotatable bonds is 7. The molecule has 0 aliphatic carbocycles. The number of carbonyl (C=O) groups is 2. The van der Waals surface area contributed by atoms with E-state index in [1.807, 2.05) is 41.3 Å². The Labute approximate surface area is 258 Å². The molecule has 43 heavy (non-hydrogen) atoms. The Morgan fingerprint density at radius 2 is 1.72 bits per heavy atom. The second-order valence-electron chi connectivity index (χ2n) is 10.9. The van der Waals surface area contributed by atoms with Crippen molar-refractivity contribution in [2.24, 2.45) is 5.92 Å². The van der Waals surface area contributed by atoms with Crippen LogP contribution in [0.2, 0.25) is 5.02 Å². The topological polar surface area (TPSA) is 119 Å². The minimum absolute atomic E-state index is 0.151. The molecule has 2 aromatic heterocycles. The molecule has 4 aromatic rings. The van der Waals surface area contributed by atoms with Crippen molar-refractivity contribution < 1.29 is 24.2 Å². The van der Waals surface area contributed by atoms with Crippen LogP contribution in [0.3, 0.4) is 0 Å². The van der Waals surface area contributed by atoms with E-state index in [9.17, 15) is 19.8 Å². The summed E-state index contributed by atoms with van der Waals surface area (Å²) < 4.78 is 6.34. The van der Waals surface area contributed by atoms with Crippen LogP contribution in [-0.4, -0.2) is 45.3 Å². The number of hydrogen-bond donors (Lipinski definition) is 3. The predicted octanol–water partition coefficient (Wildman–Crippen LogP) is 6.80. The van der Waals surface area contributed by atoms with Crippen molar-refractivity contribution in [3.8, 4) is 11.3 Å². The quantitative estimate of drug-likeness (QED) is 0.191. The molecule has 0 spiro atoms. The van der Waals surface area contributed by atoms with Gasteiger partial charge in [-0.2, -0.15) is 0 Å². The monoisotopic (exact) mass is 616 g/mol. The molecule has 220 valence electrons. The SMILES string of the molecule is CC1CCN(c2ccc(N3C(=S)NC(c4ccccn4)C3c3ccc(-c4cc(C(=O)O)cc(C(=O)O)c4)o3)cc2Cl)CC1. The van der Waals surface area contributed by atoms with E-state index in [1.165, 1.54) is 12.1 Å². The van der Waals surface area contributed by atoms with Crippen LogP contribution < -0.4 is 15.1 Å². The maximum atomic E-state index is 11.7. The van der Waals surface area contributed by atoms with Crippen LogP contribution >= 0.6 is 23.8 Å². The molecule has 9 nitrogen and oxygen atoms in total. The highest BCUT2D eigenvalue weighted by Crippen LogP contribution is 2.44. The van der Waals surface area contributed by atoms with Gasteiger partial charge >= 0.3 is 11.9 Å². The van der Waals surface area contributed by atoms with Crippen LogP contribution in [0.15, 0.2) is 77.3 Å². The Bertz CT molecular complexity index is 1670. The zero-order chi connectivity index (χ0) is 30.2. The molecule has 0 saturated carbocycles. The second kappa shape index (κ2) is 11.7. The standard InChI is InChI=1S/C32H29ClN4O5S/c1-18-9-12-36(13-10-18)25-6-5-22(17-23(25)33)37-29(28(35-32(37)43)24-4-2-3-11-34-24)27-8-7-26(42-27)19-14-20(30(38)39)16-21(15-19)31(40)41/h2-8,11,14-18,28-29H,9-10,12-13H2,1H3,(H,35,43)(H,38,39)(H,40,41). The number of benzene rings is 2. The molecule has 4 heterocycles. The number of thiocarbonyl (C=S) groups is 1. The van der Waals surface area contributed by atoms with Crippen LogP contribution in [0.4, 0.5) is 11.4 Å². The van der Waals surface area contributed by atoms with Crippen molar-refractivity contribution in [3.05, 3.63) is 101 Å². The van der Waals surface area contributed by atoms with Gasteiger partial charge in [0.25, 0.3) is 0 Å². The summed E-state index contributed by atoms with van der Waals surface area (Å²) in [6, 6.07) is 18.1. The van der Waals surface area contributed by atoms with Gasteiger partial charge in [-0.1, -0.05) is 24.6 Å². The van der Waals surface area contributed by atoms with Crippen molar-refractivity contribution in [2.75, 3.05) is 22.9 Å². The number of carboxylic acid groups (broad SMARTS) is 2. The van der Waals surface area contributed by atoms with Crippen LogP contribution in [0.25, 0.3) is 11.3 Å². The third-order valence-electron chi connectivity index (χ3n) is 8.06. The average molecular weight is 617 g/mol. The number of hydrogen-bond acceptors (Lipinski definition) is 6. The summed E-state index contributed by atoms with van der Waals surface area (Å²) in [5, 5.41) is 23.6. The Balaban J connectivity index is 1.40. The molecule has 2 saturated heterocycles. The van der Waals surface area contributed by atoms with Gasteiger partial charge in [-0.05, 0) is 91.6 Å². The third kappa shape index (κ3) is 5.68. The number of furan rings is 1. The first-order valence-corrected chi connectivity index (χ1v) is 14.7. The highest BCUT2D eigenvalue weighted by molar-refractivity contribution is 7.80. The Morgan fingerprint density at radius 3 is 2.35 bits per heavy atom. The highest BCUT2D eigenvalue weighted by Gasteiger charge is 2.43. The second-order valence-corrected chi connectivity index (χ2v) is 11.7. The predicted molar refractivity (Wildman–Crippen MR) is 168 cm³/mol. The molecule has 2 atom stereocenters. The zero-order valence-corrected chi connectivity index (χ0v) is 24.8. The minimum Gasteiger partial charge on any atom is -0.478 e. The normalized spacial score (nSPS) is 19.0. The van der Waals surface area contributed by atoms with E-state index in [0.29, 0.717) is 33.1 Å². The number of anilines is 2. The number of nitrogens with zero attached hydrogens (tertiary/aromatic N) is 3. The molecule has 2 unspecified atom stereocenters. The van der Waals surface area contributed by atoms with Gasteiger partial charge in [-0.15, -0.1) is 0 Å². The fourth-order valence-corrected chi connectivity index (χ4v) is 6.40. The molecule has 2 aliphatic heterocycles. The van der Waals surface area contributed by atoms with E-state index in [0.717, 1.165) is 49.1 Å². The summed E-state index contributed by atoms with van der Waals surface area (Å²) in [6.07, 6.45) is 3.95. The molecule has 2 fully saturated rings. The van der Waals surface area contributed by atoms with E-state index in [-0.39, 0.29) is 17.2 Å². The first kappa shape index (κ1) is 28.7. The van der Waals surface area contributed by atoms with E-state index >= 15 is 0 Å². The Hall–Kier alpha value is -4.41. The summed E-state index contributed by atoms with van der Waals surface area (Å²) in [5.74, 6) is -0.914. The van der Waals surface area contributed by atoms with E-state index in [1.54, 1.807) is 18.3 Å². The van der Waals surface area contributed by atoms with E-state index in [4.69, 9.17) is 28.2 Å². The number of carboxylic acids is 2. The summed E-state index contributed by atoms with van der Waals surface area (Å²) >= 11 is 12.7. The molecular weight excluding hydrogens is 588 g/mol. The molecular formula is C32H29ClN4O5S. The largest absolute Gasteiger partial charge is 0.478 e. The summed E-state index contributed by atoms with van der Waals surface area (Å²) in [4.78, 5) is 32.2. The van der Waals surface area contributed by atoms with E-state index in [2.05, 4.69) is 22.1 Å². The highest BCUT2D eigenvalue weighted by atomic mass is 35.5. The number of pyridine rings is 1. The molecule has 6 rings (SSSR count). The van der Waals surface area contributed by atoms with Gasteiger partial charge in [0.1, 0.15) is 17.6 Å². The molecule has 0 radical (unpaired) electrons. The zero-order valence-electron chi connectivity index (χ0n) is 23.2. The molecule has 0 amide bonds. The van der Waals surface area contributed by atoms with Gasteiger partial charge in [0.2, 0.25) is 0 Å². The number of aromatic carboxylic acids is 2. The molecule has 3 N–H and O–H groups in total. The minimum atomic E-state index is -1.23. The Morgan fingerprint density at radius 1 is 1.00 bits per heavy atom. The van der Waals surface area contributed by atoms with Gasteiger partial charge in [-0.25, -0.2) is 9.59 Å². The average Bonchev–Trinajstić information content (AvgIpc) is 3.62. The maximum absolute atomic E-state index is 11.7. The van der Waals surface area contributed by atoms with Gasteiger partial charge in [-0.3, -0.25) is 4.98 Å². The first-order chi connectivity index (χ1) is 20.7. The Kier molecular flexibility index (Phi) is 7.81. The summed E-state index contributed by atoms with van der Waals surface area (Å²) in [7, 11) is 0. The van der Waals surface area contributed by atoms with Crippen LogP contribution in [0.5, 0.6) is 0 Å². The van der Waals surface area contributed by atoms with Crippen molar-refractivity contribution in [2.45, 2.75) is 31.8 Å². The molecule has 11 heteroatoms. The molecule has 2 aliphatic rings. The van der Waals surface area contributed by atoms with Gasteiger partial charge in [0.15, 0.2) is 5.11 Å². The number of halogens is 1. The lowest BCUT2D eigenvalue weighted by Gasteiger charge is -2.33. The number of nitrogens with one attached hydrogen (secondary N) is 1. The number of aromatic nitrogens is 1. The van der Waals surface area contributed by atoms with Crippen molar-refractivity contribution in [1.82, 2.24) is 10.3 Å². The maximum Gasteiger partial charge on any atom is 0.335 e. The van der Waals surface area contributed by atoms with Gasteiger partial charge in [0.05, 0.1) is 33.6 Å². The van der Waals surface area contributed by atoms with Crippen molar-refractivity contribution in [3.63, 3.8) is 0 Å². The van der Waals surface area contributed by atoms with Gasteiger partial charge < -0.3 is 29.7 Å². The van der Waals surface area contributed by atoms with Gasteiger partial charge in [0, 0.05) is 30.5 Å². The fourth-order valence-electron chi connectivity index (χ4n) is 5.76. The lowest BCUT2D eigenvalue weighted by atomic mass is 9.98.